The molecule has 6 heteroatoms. The van der Waals surface area contributed by atoms with Gasteiger partial charge in [0.2, 0.25) is 0 Å². The summed E-state index contributed by atoms with van der Waals surface area (Å²) in [4.78, 5) is 23.7. The van der Waals surface area contributed by atoms with Crippen molar-refractivity contribution in [2.24, 2.45) is 0 Å². The second-order valence-electron chi connectivity index (χ2n) is 3.37. The summed E-state index contributed by atoms with van der Waals surface area (Å²) in [6.45, 7) is 4.38. The number of likely N-dealkylation sites (tertiary alicyclic amines) is 1. The van der Waals surface area contributed by atoms with Gasteiger partial charge in [-0.1, -0.05) is 22.5 Å². The maximum atomic E-state index is 11.6. The number of rotatable bonds is 3. The largest absolute Gasteiger partial charge is 0.480 e. The van der Waals surface area contributed by atoms with Crippen molar-refractivity contribution in [3.05, 3.63) is 11.1 Å². The third kappa shape index (κ3) is 3.23. The molecule has 0 spiro atoms. The zero-order valence-electron chi connectivity index (χ0n) is 8.20. The first-order valence-electron chi connectivity index (χ1n) is 4.63. The SMILES string of the molecule is C=C(Br)CNC(=O)N1CCC[C@@H]1C(=O)O. The summed E-state index contributed by atoms with van der Waals surface area (Å²) in [5.74, 6) is -0.944. The molecule has 1 aliphatic rings. The van der Waals surface area contributed by atoms with Crippen LogP contribution in [0.3, 0.4) is 0 Å². The minimum Gasteiger partial charge on any atom is -0.480 e. The van der Waals surface area contributed by atoms with Gasteiger partial charge in [0, 0.05) is 11.0 Å². The van der Waals surface area contributed by atoms with Crippen LogP contribution in [-0.4, -0.2) is 41.1 Å². The molecule has 5 nitrogen and oxygen atoms in total. The van der Waals surface area contributed by atoms with E-state index >= 15 is 0 Å². The van der Waals surface area contributed by atoms with Gasteiger partial charge in [-0.3, -0.25) is 0 Å². The van der Waals surface area contributed by atoms with Crippen molar-refractivity contribution in [3.8, 4) is 0 Å². The van der Waals surface area contributed by atoms with Gasteiger partial charge < -0.3 is 15.3 Å². The molecule has 1 atom stereocenters. The highest BCUT2D eigenvalue weighted by molar-refractivity contribution is 9.11. The van der Waals surface area contributed by atoms with E-state index < -0.39 is 12.0 Å². The van der Waals surface area contributed by atoms with Crippen molar-refractivity contribution >= 4 is 27.9 Å². The average Bonchev–Trinajstić information content (AvgIpc) is 2.62. The maximum Gasteiger partial charge on any atom is 0.326 e. The van der Waals surface area contributed by atoms with Crippen LogP contribution in [0.15, 0.2) is 11.1 Å². The number of amides is 2. The molecule has 0 radical (unpaired) electrons. The molecule has 84 valence electrons. The molecule has 0 aromatic carbocycles. The molecule has 0 bridgehead atoms. The van der Waals surface area contributed by atoms with Gasteiger partial charge in [-0.15, -0.1) is 0 Å². The van der Waals surface area contributed by atoms with Gasteiger partial charge in [0.25, 0.3) is 0 Å². The Morgan fingerprint density at radius 1 is 1.60 bits per heavy atom. The standard InChI is InChI=1S/C9H13BrN2O3/c1-6(10)5-11-9(15)12-4-2-3-7(12)8(13)14/h7H,1-5H2,(H,11,15)(H,13,14)/t7-/m1/s1. The van der Waals surface area contributed by atoms with E-state index in [9.17, 15) is 9.59 Å². The molecule has 0 unspecified atom stereocenters. The Morgan fingerprint density at radius 3 is 2.80 bits per heavy atom. The predicted octanol–water partition coefficient (Wildman–Crippen LogP) is 1.15. The Balaban J connectivity index is 2.51. The summed E-state index contributed by atoms with van der Waals surface area (Å²) in [7, 11) is 0. The number of carbonyl (C=O) groups excluding carboxylic acids is 1. The van der Waals surface area contributed by atoms with Gasteiger partial charge in [0.05, 0.1) is 6.54 Å². The van der Waals surface area contributed by atoms with Crippen LogP contribution in [0.2, 0.25) is 0 Å². The molecule has 1 rings (SSSR count). The number of nitrogens with one attached hydrogen (secondary N) is 1. The lowest BCUT2D eigenvalue weighted by Gasteiger charge is -2.21. The van der Waals surface area contributed by atoms with Crippen LogP contribution in [0.4, 0.5) is 4.79 Å². The number of carboxylic acid groups (broad SMARTS) is 1. The van der Waals surface area contributed by atoms with Crippen molar-refractivity contribution < 1.29 is 14.7 Å². The van der Waals surface area contributed by atoms with E-state index in [1.54, 1.807) is 0 Å². The minimum atomic E-state index is -0.944. The Morgan fingerprint density at radius 2 is 2.27 bits per heavy atom. The van der Waals surface area contributed by atoms with E-state index in [1.807, 2.05) is 0 Å². The normalized spacial score (nSPS) is 20.1. The van der Waals surface area contributed by atoms with Crippen LogP contribution in [-0.2, 0) is 4.79 Å². The van der Waals surface area contributed by atoms with Crippen LogP contribution < -0.4 is 5.32 Å². The van der Waals surface area contributed by atoms with Gasteiger partial charge in [0.15, 0.2) is 0 Å². The fraction of sp³-hybridized carbons (Fsp3) is 0.556. The van der Waals surface area contributed by atoms with Crippen LogP contribution in [0, 0.1) is 0 Å². The number of nitrogens with zero attached hydrogens (tertiary/aromatic N) is 1. The summed E-state index contributed by atoms with van der Waals surface area (Å²) in [6, 6.07) is -1.03. The molecule has 0 aromatic heterocycles. The molecule has 15 heavy (non-hydrogen) atoms. The van der Waals surface area contributed by atoms with E-state index in [0.29, 0.717) is 24.0 Å². The highest BCUT2D eigenvalue weighted by Gasteiger charge is 2.33. The quantitative estimate of drug-likeness (QED) is 0.813. The lowest BCUT2D eigenvalue weighted by atomic mass is 10.2. The number of carbonyl (C=O) groups is 2. The molecule has 0 saturated carbocycles. The lowest BCUT2D eigenvalue weighted by molar-refractivity contribution is -0.141. The van der Waals surface area contributed by atoms with Gasteiger partial charge in [-0.2, -0.15) is 0 Å². The number of aliphatic carboxylic acids is 1. The first-order valence-corrected chi connectivity index (χ1v) is 5.42. The molecule has 1 aliphatic heterocycles. The zero-order chi connectivity index (χ0) is 11.4. The molecule has 1 fully saturated rings. The lowest BCUT2D eigenvalue weighted by Crippen LogP contribution is -2.46. The van der Waals surface area contributed by atoms with Gasteiger partial charge in [0.1, 0.15) is 6.04 Å². The fourth-order valence-corrected chi connectivity index (χ4v) is 1.68. The third-order valence-electron chi connectivity index (χ3n) is 2.23. The van der Waals surface area contributed by atoms with Crippen molar-refractivity contribution in [3.63, 3.8) is 0 Å². The van der Waals surface area contributed by atoms with Crippen molar-refractivity contribution in [1.29, 1.82) is 0 Å². The third-order valence-corrected chi connectivity index (χ3v) is 2.51. The molecular formula is C9H13BrN2O3. The van der Waals surface area contributed by atoms with Crippen LogP contribution in [0.1, 0.15) is 12.8 Å². The van der Waals surface area contributed by atoms with Crippen molar-refractivity contribution in [2.75, 3.05) is 13.1 Å². The topological polar surface area (TPSA) is 69.6 Å². The van der Waals surface area contributed by atoms with E-state index in [4.69, 9.17) is 5.11 Å². The molecular weight excluding hydrogens is 264 g/mol. The van der Waals surface area contributed by atoms with Gasteiger partial charge in [-0.25, -0.2) is 9.59 Å². The monoisotopic (exact) mass is 276 g/mol. The summed E-state index contributed by atoms with van der Waals surface area (Å²) in [5.41, 5.74) is 0. The number of urea groups is 1. The zero-order valence-corrected chi connectivity index (χ0v) is 9.79. The van der Waals surface area contributed by atoms with Crippen LogP contribution in [0.5, 0.6) is 0 Å². The van der Waals surface area contributed by atoms with Crippen LogP contribution >= 0.6 is 15.9 Å². The Kier molecular flexibility index (Phi) is 4.14. The summed E-state index contributed by atoms with van der Waals surface area (Å²) in [6.07, 6.45) is 1.26. The summed E-state index contributed by atoms with van der Waals surface area (Å²) >= 11 is 3.11. The second kappa shape index (κ2) is 5.16. The van der Waals surface area contributed by atoms with E-state index in [0.717, 1.165) is 6.42 Å². The minimum absolute atomic E-state index is 0.307. The summed E-state index contributed by atoms with van der Waals surface area (Å²) in [5, 5.41) is 11.4. The van der Waals surface area contributed by atoms with Crippen molar-refractivity contribution in [2.45, 2.75) is 18.9 Å². The maximum absolute atomic E-state index is 11.6. The first kappa shape index (κ1) is 12.0. The smallest absolute Gasteiger partial charge is 0.326 e. The first-order chi connectivity index (χ1) is 7.02. The van der Waals surface area contributed by atoms with Crippen molar-refractivity contribution in [1.82, 2.24) is 10.2 Å². The molecule has 2 amide bonds. The Bertz CT molecular complexity index is 293. The van der Waals surface area contributed by atoms with E-state index in [2.05, 4.69) is 27.8 Å². The number of halogens is 1. The molecule has 0 aliphatic carbocycles. The number of hydrogen-bond acceptors (Lipinski definition) is 2. The highest BCUT2D eigenvalue weighted by Crippen LogP contribution is 2.17. The summed E-state index contributed by atoms with van der Waals surface area (Å²) < 4.78 is 0.655. The number of hydrogen-bond donors (Lipinski definition) is 2. The molecule has 1 saturated heterocycles. The van der Waals surface area contributed by atoms with Gasteiger partial charge >= 0.3 is 12.0 Å². The van der Waals surface area contributed by atoms with Gasteiger partial charge in [-0.05, 0) is 12.8 Å². The van der Waals surface area contributed by atoms with E-state index in [1.165, 1.54) is 4.90 Å². The van der Waals surface area contributed by atoms with E-state index in [-0.39, 0.29) is 6.03 Å². The number of carboxylic acids is 1. The highest BCUT2D eigenvalue weighted by atomic mass is 79.9. The molecule has 0 aromatic rings. The Hall–Kier alpha value is -1.04. The molecule has 2 N–H and O–H groups in total. The average molecular weight is 277 g/mol. The Labute approximate surface area is 96.3 Å². The predicted molar refractivity (Wildman–Crippen MR) is 58.8 cm³/mol. The molecule has 1 heterocycles. The van der Waals surface area contributed by atoms with Crippen LogP contribution in [0.25, 0.3) is 0 Å². The second-order valence-corrected chi connectivity index (χ2v) is 4.49. The fourth-order valence-electron chi connectivity index (χ4n) is 1.54.